The summed E-state index contributed by atoms with van der Waals surface area (Å²) in [6.07, 6.45) is 62.7. The third-order valence-corrected chi connectivity index (χ3v) is 12.4. The Morgan fingerprint density at radius 2 is 0.806 bits per heavy atom. The number of aliphatic hydroxyl groups is 2. The van der Waals surface area contributed by atoms with Crippen molar-refractivity contribution >= 4 is 11.9 Å². The Bertz CT molecular complexity index is 1010. The SMILES string of the molecule is CCCCCCCC/C=C\CCCCCCCC(=O)OCCCCC/C=C\C=C/CCCCCCCCCCCCC(=O)NC(CO)C(O)CCCCCCCCCCCCC. The molecule has 62 heavy (non-hydrogen) atoms. The number of ether oxygens (including phenoxy) is 1. The first-order chi connectivity index (χ1) is 30.5. The van der Waals surface area contributed by atoms with E-state index in [9.17, 15) is 19.8 Å². The second-order valence-corrected chi connectivity index (χ2v) is 18.6. The van der Waals surface area contributed by atoms with Gasteiger partial charge in [-0.1, -0.05) is 224 Å². The standard InChI is InChI=1S/C56H105NO5/c1-3-5-7-9-11-13-15-16-22-26-30-34-38-42-46-50-56(61)62-51-47-43-39-35-31-27-24-21-19-17-18-20-23-25-29-33-37-41-45-49-55(60)57-53(52-58)54(59)48-44-40-36-32-28-14-12-10-8-6-4-2/h16,21-22,24,27,31,53-54,58-59H,3-15,17-20,23,25-26,28-30,32-52H2,1-2H3,(H,57,60)/b22-16-,24-21-,31-27-. The fourth-order valence-electron chi connectivity index (χ4n) is 8.21. The maximum absolute atomic E-state index is 12.4. The Hall–Kier alpha value is -1.92. The Morgan fingerprint density at radius 3 is 1.24 bits per heavy atom. The van der Waals surface area contributed by atoms with Gasteiger partial charge in [0, 0.05) is 12.8 Å². The summed E-state index contributed by atoms with van der Waals surface area (Å²) in [5.41, 5.74) is 0. The molecule has 2 atom stereocenters. The summed E-state index contributed by atoms with van der Waals surface area (Å²) in [4.78, 5) is 24.4. The monoisotopic (exact) mass is 872 g/mol. The summed E-state index contributed by atoms with van der Waals surface area (Å²) in [5, 5.41) is 23.1. The molecule has 0 spiro atoms. The van der Waals surface area contributed by atoms with E-state index in [0.29, 0.717) is 25.9 Å². The number of nitrogens with one attached hydrogen (secondary N) is 1. The molecule has 364 valence electrons. The van der Waals surface area contributed by atoms with Gasteiger partial charge in [0.05, 0.1) is 25.4 Å². The summed E-state index contributed by atoms with van der Waals surface area (Å²) in [6, 6.07) is -0.548. The minimum Gasteiger partial charge on any atom is -0.466 e. The van der Waals surface area contributed by atoms with Crippen molar-refractivity contribution in [3.8, 4) is 0 Å². The summed E-state index contributed by atoms with van der Waals surface area (Å²) in [5.74, 6) is -0.0683. The van der Waals surface area contributed by atoms with Crippen molar-refractivity contribution in [2.75, 3.05) is 13.2 Å². The third-order valence-electron chi connectivity index (χ3n) is 12.4. The molecule has 0 heterocycles. The average molecular weight is 872 g/mol. The third kappa shape index (κ3) is 47.6. The van der Waals surface area contributed by atoms with E-state index in [0.717, 1.165) is 70.6 Å². The van der Waals surface area contributed by atoms with Gasteiger partial charge in [-0.05, 0) is 83.5 Å². The molecule has 2 unspecified atom stereocenters. The lowest BCUT2D eigenvalue weighted by atomic mass is 10.0. The Balaban J connectivity index is 3.47. The number of carbonyl (C=O) groups excluding carboxylic acids is 2. The second kappa shape index (κ2) is 51.7. The van der Waals surface area contributed by atoms with Crippen molar-refractivity contribution in [3.63, 3.8) is 0 Å². The van der Waals surface area contributed by atoms with E-state index in [1.165, 1.54) is 180 Å². The minimum atomic E-state index is -0.670. The number of carbonyl (C=O) groups is 2. The van der Waals surface area contributed by atoms with Gasteiger partial charge in [-0.25, -0.2) is 0 Å². The fraction of sp³-hybridized carbons (Fsp3) is 0.857. The summed E-state index contributed by atoms with van der Waals surface area (Å²) in [6.45, 7) is 4.89. The molecule has 0 aromatic rings. The maximum Gasteiger partial charge on any atom is 0.305 e. The van der Waals surface area contributed by atoms with Crippen molar-refractivity contribution in [2.24, 2.45) is 0 Å². The number of unbranched alkanes of at least 4 members (excludes halogenated alkanes) is 34. The van der Waals surface area contributed by atoms with Crippen LogP contribution in [-0.2, 0) is 14.3 Å². The minimum absolute atomic E-state index is 0.0217. The maximum atomic E-state index is 12.4. The van der Waals surface area contributed by atoms with Crippen molar-refractivity contribution in [2.45, 2.75) is 296 Å². The molecule has 0 radical (unpaired) electrons. The van der Waals surface area contributed by atoms with Crippen LogP contribution in [0, 0.1) is 0 Å². The van der Waals surface area contributed by atoms with E-state index in [2.05, 4.69) is 55.6 Å². The van der Waals surface area contributed by atoms with Gasteiger partial charge in [-0.2, -0.15) is 0 Å². The van der Waals surface area contributed by atoms with Gasteiger partial charge >= 0.3 is 5.97 Å². The molecule has 6 heteroatoms. The van der Waals surface area contributed by atoms with Crippen LogP contribution in [0.3, 0.4) is 0 Å². The first-order valence-corrected chi connectivity index (χ1v) is 27.3. The van der Waals surface area contributed by atoms with Gasteiger partial charge in [-0.15, -0.1) is 0 Å². The average Bonchev–Trinajstić information content (AvgIpc) is 3.27. The summed E-state index contributed by atoms with van der Waals surface area (Å²) < 4.78 is 5.44. The van der Waals surface area contributed by atoms with Gasteiger partial charge < -0.3 is 20.3 Å². The lowest BCUT2D eigenvalue weighted by Crippen LogP contribution is -2.45. The van der Waals surface area contributed by atoms with E-state index in [1.807, 2.05) is 0 Å². The molecular weight excluding hydrogens is 767 g/mol. The van der Waals surface area contributed by atoms with Crippen LogP contribution in [0.15, 0.2) is 36.5 Å². The Kier molecular flexibility index (Phi) is 50.1. The molecule has 1 amide bonds. The van der Waals surface area contributed by atoms with Crippen molar-refractivity contribution in [3.05, 3.63) is 36.5 Å². The van der Waals surface area contributed by atoms with Crippen LogP contribution < -0.4 is 5.32 Å². The molecule has 0 aliphatic carbocycles. The van der Waals surface area contributed by atoms with E-state index in [1.54, 1.807) is 0 Å². The van der Waals surface area contributed by atoms with Gasteiger partial charge in [0.1, 0.15) is 0 Å². The molecule has 0 aromatic heterocycles. The lowest BCUT2D eigenvalue weighted by molar-refractivity contribution is -0.143. The highest BCUT2D eigenvalue weighted by molar-refractivity contribution is 5.76. The molecule has 0 saturated heterocycles. The van der Waals surface area contributed by atoms with Gasteiger partial charge in [0.2, 0.25) is 5.91 Å². The Labute approximate surface area is 385 Å². The van der Waals surface area contributed by atoms with E-state index in [-0.39, 0.29) is 18.5 Å². The first kappa shape index (κ1) is 60.1. The zero-order valence-electron chi connectivity index (χ0n) is 41.4. The molecular formula is C56H105NO5. The number of amides is 1. The molecule has 0 aliphatic heterocycles. The van der Waals surface area contributed by atoms with Crippen LogP contribution in [0.25, 0.3) is 0 Å². The highest BCUT2D eigenvalue weighted by Crippen LogP contribution is 2.16. The predicted octanol–water partition coefficient (Wildman–Crippen LogP) is 16.5. The van der Waals surface area contributed by atoms with Crippen LogP contribution >= 0.6 is 0 Å². The Morgan fingerprint density at radius 1 is 0.452 bits per heavy atom. The molecule has 0 rings (SSSR count). The zero-order chi connectivity index (χ0) is 45.1. The molecule has 0 bridgehead atoms. The first-order valence-electron chi connectivity index (χ1n) is 27.3. The number of rotatable bonds is 50. The molecule has 0 aromatic carbocycles. The molecule has 3 N–H and O–H groups in total. The van der Waals surface area contributed by atoms with Crippen LogP contribution in [0.2, 0.25) is 0 Å². The number of hydrogen-bond donors (Lipinski definition) is 3. The van der Waals surface area contributed by atoms with Crippen molar-refractivity contribution < 1.29 is 24.5 Å². The van der Waals surface area contributed by atoms with Crippen molar-refractivity contribution in [1.29, 1.82) is 0 Å². The van der Waals surface area contributed by atoms with E-state index >= 15 is 0 Å². The lowest BCUT2D eigenvalue weighted by Gasteiger charge is -2.22. The molecule has 0 aliphatic rings. The smallest absolute Gasteiger partial charge is 0.305 e. The van der Waals surface area contributed by atoms with Crippen LogP contribution in [0.1, 0.15) is 284 Å². The summed E-state index contributed by atoms with van der Waals surface area (Å²) >= 11 is 0. The van der Waals surface area contributed by atoms with Crippen LogP contribution in [0.5, 0.6) is 0 Å². The highest BCUT2D eigenvalue weighted by Gasteiger charge is 2.20. The number of esters is 1. The number of hydrogen-bond acceptors (Lipinski definition) is 5. The van der Waals surface area contributed by atoms with Crippen molar-refractivity contribution in [1.82, 2.24) is 5.32 Å². The summed E-state index contributed by atoms with van der Waals surface area (Å²) in [7, 11) is 0. The quantitative estimate of drug-likeness (QED) is 0.0245. The zero-order valence-corrected chi connectivity index (χ0v) is 41.4. The highest BCUT2D eigenvalue weighted by atomic mass is 16.5. The fourth-order valence-corrected chi connectivity index (χ4v) is 8.21. The van der Waals surface area contributed by atoms with Crippen LogP contribution in [-0.4, -0.2) is 47.4 Å². The topological polar surface area (TPSA) is 95.9 Å². The second-order valence-electron chi connectivity index (χ2n) is 18.6. The number of aliphatic hydroxyl groups excluding tert-OH is 2. The predicted molar refractivity (Wildman–Crippen MR) is 269 cm³/mol. The van der Waals surface area contributed by atoms with Crippen LogP contribution in [0.4, 0.5) is 0 Å². The van der Waals surface area contributed by atoms with Gasteiger partial charge in [0.25, 0.3) is 0 Å². The normalized spacial score (nSPS) is 12.9. The van der Waals surface area contributed by atoms with Gasteiger partial charge in [0.15, 0.2) is 0 Å². The van der Waals surface area contributed by atoms with E-state index in [4.69, 9.17) is 4.74 Å². The largest absolute Gasteiger partial charge is 0.466 e. The van der Waals surface area contributed by atoms with E-state index < -0.39 is 12.1 Å². The number of allylic oxidation sites excluding steroid dienone is 6. The molecule has 6 nitrogen and oxygen atoms in total. The molecule has 0 fully saturated rings. The van der Waals surface area contributed by atoms with Gasteiger partial charge in [-0.3, -0.25) is 9.59 Å². The molecule has 0 saturated carbocycles.